The third-order valence-electron chi connectivity index (χ3n) is 4.03. The monoisotopic (exact) mass is 351 g/mol. The van der Waals surface area contributed by atoms with Crippen LogP contribution in [0.25, 0.3) is 5.69 Å². The van der Waals surface area contributed by atoms with Crippen LogP contribution in [0.3, 0.4) is 0 Å². The van der Waals surface area contributed by atoms with Gasteiger partial charge in [-0.05, 0) is 47.5 Å². The second kappa shape index (κ2) is 6.69. The normalized spacial score (nSPS) is 11.3. The number of para-hydroxylation sites is 1. The fraction of sp³-hybridized carbons (Fsp3) is 0.200. The van der Waals surface area contributed by atoms with Gasteiger partial charge in [0, 0.05) is 17.6 Å². The van der Waals surface area contributed by atoms with E-state index >= 15 is 0 Å². The van der Waals surface area contributed by atoms with Gasteiger partial charge in [0.2, 0.25) is 0 Å². The van der Waals surface area contributed by atoms with Crippen LogP contribution < -0.4 is 5.32 Å². The van der Waals surface area contributed by atoms with Gasteiger partial charge in [-0.3, -0.25) is 9.36 Å². The molecule has 0 spiro atoms. The Morgan fingerprint density at radius 2 is 1.68 bits per heavy atom. The Bertz CT molecular complexity index is 932. The summed E-state index contributed by atoms with van der Waals surface area (Å²) in [5, 5.41) is 2.93. The molecule has 0 atom stereocenters. The SMILES string of the molecule is CC(C)(C)c1ccc(NC(=O)c2c[nH]c(=S)n2-c2ccccc2)cc1. The van der Waals surface area contributed by atoms with Gasteiger partial charge >= 0.3 is 0 Å². The molecular weight excluding hydrogens is 330 g/mol. The van der Waals surface area contributed by atoms with Crippen LogP contribution in [0.1, 0.15) is 36.8 Å². The van der Waals surface area contributed by atoms with Crippen molar-refractivity contribution in [2.45, 2.75) is 26.2 Å². The van der Waals surface area contributed by atoms with Gasteiger partial charge in [-0.15, -0.1) is 0 Å². The van der Waals surface area contributed by atoms with Crippen LogP contribution in [0.2, 0.25) is 0 Å². The van der Waals surface area contributed by atoms with Crippen LogP contribution in [-0.4, -0.2) is 15.5 Å². The van der Waals surface area contributed by atoms with Crippen molar-refractivity contribution in [1.82, 2.24) is 9.55 Å². The molecule has 0 aliphatic heterocycles. The zero-order valence-corrected chi connectivity index (χ0v) is 15.4. The number of aromatic amines is 1. The standard InChI is InChI=1S/C20H21N3OS/c1-20(2,3)14-9-11-15(12-10-14)22-18(24)17-13-21-19(25)23(17)16-7-5-4-6-8-16/h4-13H,1-3H3,(H,21,25)(H,22,24). The first-order valence-electron chi connectivity index (χ1n) is 8.14. The van der Waals surface area contributed by atoms with Gasteiger partial charge in [0.05, 0.1) is 0 Å². The molecule has 0 bridgehead atoms. The fourth-order valence-electron chi connectivity index (χ4n) is 2.62. The number of nitrogens with zero attached hydrogens (tertiary/aromatic N) is 1. The van der Waals surface area contributed by atoms with E-state index in [-0.39, 0.29) is 11.3 Å². The lowest BCUT2D eigenvalue weighted by Gasteiger charge is -2.19. The second-order valence-electron chi connectivity index (χ2n) is 6.93. The summed E-state index contributed by atoms with van der Waals surface area (Å²) in [6.07, 6.45) is 1.63. The topological polar surface area (TPSA) is 49.8 Å². The predicted molar refractivity (Wildman–Crippen MR) is 104 cm³/mol. The minimum atomic E-state index is -0.209. The molecule has 3 aromatic rings. The van der Waals surface area contributed by atoms with Crippen molar-refractivity contribution in [3.05, 3.63) is 76.8 Å². The highest BCUT2D eigenvalue weighted by Gasteiger charge is 2.16. The number of aromatic nitrogens is 2. The van der Waals surface area contributed by atoms with E-state index in [1.54, 1.807) is 10.8 Å². The molecule has 3 rings (SSSR count). The van der Waals surface area contributed by atoms with E-state index in [4.69, 9.17) is 12.2 Å². The lowest BCUT2D eigenvalue weighted by atomic mass is 9.87. The maximum Gasteiger partial charge on any atom is 0.274 e. The summed E-state index contributed by atoms with van der Waals surface area (Å²) in [4.78, 5) is 15.7. The van der Waals surface area contributed by atoms with Crippen LogP contribution in [0.4, 0.5) is 5.69 Å². The Labute approximate surface area is 152 Å². The van der Waals surface area contributed by atoms with Crippen LogP contribution in [0.15, 0.2) is 60.8 Å². The summed E-state index contributed by atoms with van der Waals surface area (Å²) in [5.74, 6) is -0.209. The minimum Gasteiger partial charge on any atom is -0.336 e. The molecule has 0 radical (unpaired) electrons. The molecule has 2 aromatic carbocycles. The number of rotatable bonds is 3. The smallest absolute Gasteiger partial charge is 0.274 e. The van der Waals surface area contributed by atoms with E-state index < -0.39 is 0 Å². The second-order valence-corrected chi connectivity index (χ2v) is 7.32. The Balaban J connectivity index is 1.87. The molecule has 1 aromatic heterocycles. The molecule has 128 valence electrons. The van der Waals surface area contributed by atoms with E-state index in [1.807, 2.05) is 54.6 Å². The minimum absolute atomic E-state index is 0.0801. The first kappa shape index (κ1) is 17.2. The number of carbonyl (C=O) groups is 1. The van der Waals surface area contributed by atoms with Gasteiger partial charge in [-0.2, -0.15) is 0 Å². The number of amides is 1. The lowest BCUT2D eigenvalue weighted by Crippen LogP contribution is -2.17. The maximum atomic E-state index is 12.7. The van der Waals surface area contributed by atoms with Crippen LogP contribution in [0.5, 0.6) is 0 Å². The van der Waals surface area contributed by atoms with Crippen molar-refractivity contribution in [2.24, 2.45) is 0 Å². The molecule has 5 heteroatoms. The summed E-state index contributed by atoms with van der Waals surface area (Å²) in [6, 6.07) is 17.5. The average molecular weight is 351 g/mol. The van der Waals surface area contributed by atoms with Crippen LogP contribution in [-0.2, 0) is 5.41 Å². The molecule has 2 N–H and O–H groups in total. The van der Waals surface area contributed by atoms with Crippen molar-refractivity contribution >= 4 is 23.8 Å². The Hall–Kier alpha value is -2.66. The maximum absolute atomic E-state index is 12.7. The van der Waals surface area contributed by atoms with Gasteiger partial charge in [-0.25, -0.2) is 0 Å². The van der Waals surface area contributed by atoms with Gasteiger partial charge < -0.3 is 10.3 Å². The van der Waals surface area contributed by atoms with Crippen LogP contribution >= 0.6 is 12.2 Å². The molecule has 0 fully saturated rings. The van der Waals surface area contributed by atoms with E-state index in [0.29, 0.717) is 10.5 Å². The number of hydrogen-bond acceptors (Lipinski definition) is 2. The lowest BCUT2D eigenvalue weighted by molar-refractivity contribution is 0.102. The van der Waals surface area contributed by atoms with Crippen molar-refractivity contribution in [3.63, 3.8) is 0 Å². The van der Waals surface area contributed by atoms with Gasteiger partial charge in [0.25, 0.3) is 5.91 Å². The number of anilines is 1. The number of hydrogen-bond donors (Lipinski definition) is 2. The molecule has 25 heavy (non-hydrogen) atoms. The Kier molecular flexibility index (Phi) is 4.59. The van der Waals surface area contributed by atoms with Crippen molar-refractivity contribution < 1.29 is 4.79 Å². The third-order valence-corrected chi connectivity index (χ3v) is 4.33. The summed E-state index contributed by atoms with van der Waals surface area (Å²) in [7, 11) is 0. The highest BCUT2D eigenvalue weighted by Crippen LogP contribution is 2.24. The number of imidazole rings is 1. The molecule has 0 aliphatic carbocycles. The van der Waals surface area contributed by atoms with Gasteiger partial charge in [0.1, 0.15) is 5.69 Å². The van der Waals surface area contributed by atoms with E-state index in [2.05, 4.69) is 31.1 Å². The molecule has 0 aliphatic rings. The molecular formula is C20H21N3OS. The first-order chi connectivity index (χ1) is 11.9. The van der Waals surface area contributed by atoms with Crippen LogP contribution in [0, 0.1) is 4.77 Å². The first-order valence-corrected chi connectivity index (χ1v) is 8.55. The van der Waals surface area contributed by atoms with E-state index in [9.17, 15) is 4.79 Å². The van der Waals surface area contributed by atoms with Crippen molar-refractivity contribution in [1.29, 1.82) is 0 Å². The third kappa shape index (κ3) is 3.72. The molecule has 1 heterocycles. The fourth-order valence-corrected chi connectivity index (χ4v) is 2.88. The largest absolute Gasteiger partial charge is 0.336 e. The average Bonchev–Trinajstić information content (AvgIpc) is 2.97. The van der Waals surface area contributed by atoms with E-state index in [0.717, 1.165) is 11.4 Å². The number of benzene rings is 2. The van der Waals surface area contributed by atoms with Crippen molar-refractivity contribution in [3.8, 4) is 5.69 Å². The highest BCUT2D eigenvalue weighted by molar-refractivity contribution is 7.71. The molecule has 0 saturated carbocycles. The molecule has 1 amide bonds. The zero-order chi connectivity index (χ0) is 18.0. The predicted octanol–water partition coefficient (Wildman–Crippen LogP) is 5.08. The molecule has 4 nitrogen and oxygen atoms in total. The Morgan fingerprint density at radius 1 is 1.04 bits per heavy atom. The molecule has 0 unspecified atom stereocenters. The quantitative estimate of drug-likeness (QED) is 0.646. The van der Waals surface area contributed by atoms with E-state index in [1.165, 1.54) is 5.56 Å². The number of nitrogens with one attached hydrogen (secondary N) is 2. The molecule has 0 saturated heterocycles. The number of H-pyrrole nitrogens is 1. The summed E-state index contributed by atoms with van der Waals surface area (Å²) in [5.41, 5.74) is 3.37. The Morgan fingerprint density at radius 3 is 2.28 bits per heavy atom. The van der Waals surface area contributed by atoms with Gasteiger partial charge in [-0.1, -0.05) is 51.1 Å². The highest BCUT2D eigenvalue weighted by atomic mass is 32.1. The number of carbonyl (C=O) groups excluding carboxylic acids is 1. The van der Waals surface area contributed by atoms with Crippen molar-refractivity contribution in [2.75, 3.05) is 5.32 Å². The summed E-state index contributed by atoms with van der Waals surface area (Å²) >= 11 is 5.32. The zero-order valence-electron chi connectivity index (χ0n) is 14.5. The van der Waals surface area contributed by atoms with Gasteiger partial charge in [0.15, 0.2) is 4.77 Å². The summed E-state index contributed by atoms with van der Waals surface area (Å²) < 4.78 is 2.22. The summed E-state index contributed by atoms with van der Waals surface area (Å²) in [6.45, 7) is 6.48.